The highest BCUT2D eigenvalue weighted by Gasteiger charge is 2.17. The molecule has 0 radical (unpaired) electrons. The van der Waals surface area contributed by atoms with E-state index in [0.717, 1.165) is 36.6 Å². The summed E-state index contributed by atoms with van der Waals surface area (Å²) in [6, 6.07) is 5.46. The molecule has 0 aliphatic rings. The third-order valence-corrected chi connectivity index (χ3v) is 3.88. The van der Waals surface area contributed by atoms with Gasteiger partial charge in [0.1, 0.15) is 5.75 Å². The Bertz CT molecular complexity index is 721. The summed E-state index contributed by atoms with van der Waals surface area (Å²) in [7, 11) is 1.59. The maximum Gasteiger partial charge on any atom is 0.297 e. The van der Waals surface area contributed by atoms with E-state index in [1.807, 2.05) is 18.2 Å². The molecule has 2 aromatic rings. The maximum absolute atomic E-state index is 12.5. The summed E-state index contributed by atoms with van der Waals surface area (Å²) >= 11 is 0. The van der Waals surface area contributed by atoms with Crippen LogP contribution in [0, 0.1) is 0 Å². The zero-order valence-corrected chi connectivity index (χ0v) is 14.1. The molecule has 1 aromatic carbocycles. The summed E-state index contributed by atoms with van der Waals surface area (Å²) in [6.45, 7) is 5.16. The van der Waals surface area contributed by atoms with Gasteiger partial charge in [0.25, 0.3) is 5.56 Å². The molecular weight excluding hydrogens is 294 g/mol. The van der Waals surface area contributed by atoms with Crippen molar-refractivity contribution in [1.82, 2.24) is 4.57 Å². The first kappa shape index (κ1) is 17.2. The van der Waals surface area contributed by atoms with Crippen LogP contribution in [-0.4, -0.2) is 23.4 Å². The molecule has 0 amide bonds. The van der Waals surface area contributed by atoms with E-state index in [1.165, 1.54) is 0 Å². The van der Waals surface area contributed by atoms with Crippen LogP contribution >= 0.6 is 0 Å². The highest BCUT2D eigenvalue weighted by molar-refractivity contribution is 5.88. The molecule has 0 saturated heterocycles. The molecular formula is C18H25NO4. The van der Waals surface area contributed by atoms with Crippen molar-refractivity contribution < 1.29 is 14.6 Å². The Kier molecular flexibility index (Phi) is 5.90. The molecule has 1 N–H and O–H groups in total. The summed E-state index contributed by atoms with van der Waals surface area (Å²) in [5.41, 5.74) is 0.317. The average molecular weight is 319 g/mol. The molecule has 0 bridgehead atoms. The van der Waals surface area contributed by atoms with Crippen molar-refractivity contribution >= 4 is 10.9 Å². The van der Waals surface area contributed by atoms with E-state index in [2.05, 4.69) is 13.8 Å². The molecule has 5 heteroatoms. The van der Waals surface area contributed by atoms with Crippen LogP contribution in [0.15, 0.2) is 23.0 Å². The average Bonchev–Trinajstić information content (AvgIpc) is 2.57. The van der Waals surface area contributed by atoms with Gasteiger partial charge in [-0.2, -0.15) is 0 Å². The predicted octanol–water partition coefficient (Wildman–Crippen LogP) is 3.69. The Morgan fingerprint density at radius 2 is 1.91 bits per heavy atom. The first-order valence-corrected chi connectivity index (χ1v) is 8.20. The molecule has 2 rings (SSSR count). The standard InChI is InChI=1S/C18H25NO4/c1-4-6-10-19-15-12-13(22-3)8-9-14(15)17(16(20)18(19)21)23-11-7-5-2/h8-9,12,20H,4-7,10-11H2,1-3H3. The molecule has 5 nitrogen and oxygen atoms in total. The van der Waals surface area contributed by atoms with Gasteiger partial charge in [-0.1, -0.05) is 26.7 Å². The molecule has 0 spiro atoms. The summed E-state index contributed by atoms with van der Waals surface area (Å²) in [6.07, 6.45) is 3.69. The van der Waals surface area contributed by atoms with E-state index < -0.39 is 5.56 Å². The molecule has 0 unspecified atom stereocenters. The summed E-state index contributed by atoms with van der Waals surface area (Å²) < 4.78 is 12.6. The Balaban J connectivity index is 2.62. The molecule has 1 aromatic heterocycles. The summed E-state index contributed by atoms with van der Waals surface area (Å²) in [5.74, 6) is 0.635. The van der Waals surface area contributed by atoms with Crippen LogP contribution in [0.5, 0.6) is 17.2 Å². The van der Waals surface area contributed by atoms with Crippen molar-refractivity contribution in [3.05, 3.63) is 28.6 Å². The van der Waals surface area contributed by atoms with Gasteiger partial charge in [0, 0.05) is 18.0 Å². The van der Waals surface area contributed by atoms with Crippen molar-refractivity contribution in [3.63, 3.8) is 0 Å². The lowest BCUT2D eigenvalue weighted by molar-refractivity contribution is 0.293. The number of aryl methyl sites for hydroxylation is 1. The molecule has 0 fully saturated rings. The Hall–Kier alpha value is -2.17. The van der Waals surface area contributed by atoms with E-state index in [9.17, 15) is 9.90 Å². The normalized spacial score (nSPS) is 10.9. The third-order valence-electron chi connectivity index (χ3n) is 3.88. The number of benzene rings is 1. The highest BCUT2D eigenvalue weighted by atomic mass is 16.5. The second-order valence-electron chi connectivity index (χ2n) is 5.57. The predicted molar refractivity (Wildman–Crippen MR) is 91.7 cm³/mol. The topological polar surface area (TPSA) is 60.7 Å². The third kappa shape index (κ3) is 3.60. The molecule has 0 saturated carbocycles. The second-order valence-corrected chi connectivity index (χ2v) is 5.57. The quantitative estimate of drug-likeness (QED) is 0.754. The molecule has 1 heterocycles. The van der Waals surface area contributed by atoms with E-state index >= 15 is 0 Å². The van der Waals surface area contributed by atoms with Crippen molar-refractivity contribution in [2.45, 2.75) is 46.1 Å². The number of unbranched alkanes of at least 4 members (excludes halogenated alkanes) is 2. The summed E-state index contributed by atoms with van der Waals surface area (Å²) in [4.78, 5) is 12.5. The van der Waals surface area contributed by atoms with Gasteiger partial charge in [-0.15, -0.1) is 0 Å². The number of nitrogens with zero attached hydrogens (tertiary/aromatic N) is 1. The fourth-order valence-corrected chi connectivity index (χ4v) is 2.52. The highest BCUT2D eigenvalue weighted by Crippen LogP contribution is 2.34. The smallest absolute Gasteiger partial charge is 0.297 e. The largest absolute Gasteiger partial charge is 0.500 e. The van der Waals surface area contributed by atoms with Gasteiger partial charge < -0.3 is 19.1 Å². The Labute approximate surface area is 136 Å². The Morgan fingerprint density at radius 3 is 2.57 bits per heavy atom. The number of hydrogen-bond acceptors (Lipinski definition) is 4. The second kappa shape index (κ2) is 7.90. The van der Waals surface area contributed by atoms with Gasteiger partial charge in [-0.25, -0.2) is 0 Å². The van der Waals surface area contributed by atoms with Gasteiger partial charge in [-0.05, 0) is 25.0 Å². The van der Waals surface area contributed by atoms with Crippen LogP contribution in [0.1, 0.15) is 39.5 Å². The van der Waals surface area contributed by atoms with E-state index in [-0.39, 0.29) is 11.5 Å². The molecule has 126 valence electrons. The maximum atomic E-state index is 12.5. The zero-order valence-electron chi connectivity index (χ0n) is 14.1. The van der Waals surface area contributed by atoms with Crippen molar-refractivity contribution in [1.29, 1.82) is 0 Å². The van der Waals surface area contributed by atoms with Crippen LogP contribution < -0.4 is 15.0 Å². The van der Waals surface area contributed by atoms with Crippen LogP contribution in [0.25, 0.3) is 10.9 Å². The number of aromatic nitrogens is 1. The van der Waals surface area contributed by atoms with Crippen LogP contribution in [0.4, 0.5) is 0 Å². The molecule has 0 atom stereocenters. The molecule has 0 aliphatic heterocycles. The number of fused-ring (bicyclic) bond motifs is 1. The van der Waals surface area contributed by atoms with Gasteiger partial charge in [0.15, 0.2) is 5.75 Å². The van der Waals surface area contributed by atoms with Crippen molar-refractivity contribution in [2.24, 2.45) is 0 Å². The van der Waals surface area contributed by atoms with Gasteiger partial charge in [-0.3, -0.25) is 4.79 Å². The molecule has 23 heavy (non-hydrogen) atoms. The number of methoxy groups -OCH3 is 1. The number of ether oxygens (including phenoxy) is 2. The monoisotopic (exact) mass is 319 g/mol. The van der Waals surface area contributed by atoms with Crippen molar-refractivity contribution in [3.8, 4) is 17.2 Å². The molecule has 0 aliphatic carbocycles. The van der Waals surface area contributed by atoms with Gasteiger partial charge in [0.2, 0.25) is 5.75 Å². The number of hydrogen-bond donors (Lipinski definition) is 1. The van der Waals surface area contributed by atoms with Crippen LogP contribution in [0.3, 0.4) is 0 Å². The van der Waals surface area contributed by atoms with E-state index in [0.29, 0.717) is 18.9 Å². The first-order valence-electron chi connectivity index (χ1n) is 8.20. The van der Waals surface area contributed by atoms with Crippen LogP contribution in [-0.2, 0) is 6.54 Å². The lowest BCUT2D eigenvalue weighted by atomic mass is 10.1. The summed E-state index contributed by atoms with van der Waals surface area (Å²) in [5, 5.41) is 11.0. The lowest BCUT2D eigenvalue weighted by Crippen LogP contribution is -2.21. The first-order chi connectivity index (χ1) is 11.1. The minimum Gasteiger partial charge on any atom is -0.500 e. The Morgan fingerprint density at radius 1 is 1.17 bits per heavy atom. The lowest BCUT2D eigenvalue weighted by Gasteiger charge is -2.16. The number of rotatable bonds is 8. The van der Waals surface area contributed by atoms with E-state index in [1.54, 1.807) is 11.7 Å². The number of pyridine rings is 1. The fourth-order valence-electron chi connectivity index (χ4n) is 2.52. The van der Waals surface area contributed by atoms with Gasteiger partial charge >= 0.3 is 0 Å². The fraction of sp³-hybridized carbons (Fsp3) is 0.500. The van der Waals surface area contributed by atoms with E-state index in [4.69, 9.17) is 9.47 Å². The number of aromatic hydroxyl groups is 1. The van der Waals surface area contributed by atoms with Crippen LogP contribution in [0.2, 0.25) is 0 Å². The minimum atomic E-state index is -0.411. The SMILES string of the molecule is CCCCOc1c(O)c(=O)n(CCCC)c2cc(OC)ccc12. The minimum absolute atomic E-state index is 0.272. The zero-order chi connectivity index (χ0) is 16.8. The van der Waals surface area contributed by atoms with Gasteiger partial charge in [0.05, 0.1) is 19.2 Å². The van der Waals surface area contributed by atoms with Crippen molar-refractivity contribution in [2.75, 3.05) is 13.7 Å².